The topological polar surface area (TPSA) is 18.5 Å². The number of ether oxygens (including phenoxy) is 2. The SMILES string of the molecule is COc1cc(C)c(C)cc1C1(Cl)COC1. The predicted octanol–water partition coefficient (Wildman–Crippen LogP) is 2.78. The largest absolute Gasteiger partial charge is 0.496 e. The lowest BCUT2D eigenvalue weighted by atomic mass is 9.92. The molecule has 0 radical (unpaired) electrons. The third-order valence-electron chi connectivity index (χ3n) is 2.96. The fourth-order valence-corrected chi connectivity index (χ4v) is 2.05. The van der Waals surface area contributed by atoms with Crippen molar-refractivity contribution in [2.45, 2.75) is 18.7 Å². The van der Waals surface area contributed by atoms with Gasteiger partial charge in [-0.3, -0.25) is 0 Å². The van der Waals surface area contributed by atoms with Crippen molar-refractivity contribution in [2.75, 3.05) is 20.3 Å². The number of aryl methyl sites for hydroxylation is 2. The Balaban J connectivity index is 2.49. The Bertz CT molecular complexity index is 383. The van der Waals surface area contributed by atoms with E-state index < -0.39 is 0 Å². The van der Waals surface area contributed by atoms with Crippen molar-refractivity contribution in [3.63, 3.8) is 0 Å². The highest BCUT2D eigenvalue weighted by atomic mass is 35.5. The van der Waals surface area contributed by atoms with Gasteiger partial charge in [0.2, 0.25) is 0 Å². The fourth-order valence-electron chi connectivity index (χ4n) is 1.75. The molecule has 3 heteroatoms. The van der Waals surface area contributed by atoms with Crippen molar-refractivity contribution < 1.29 is 9.47 Å². The maximum Gasteiger partial charge on any atom is 0.124 e. The van der Waals surface area contributed by atoms with Gasteiger partial charge in [-0.2, -0.15) is 0 Å². The van der Waals surface area contributed by atoms with Crippen LogP contribution in [0.15, 0.2) is 12.1 Å². The first-order valence-electron chi connectivity index (χ1n) is 4.99. The van der Waals surface area contributed by atoms with E-state index in [2.05, 4.69) is 19.9 Å². The number of methoxy groups -OCH3 is 1. The minimum absolute atomic E-state index is 0.385. The number of hydrogen-bond acceptors (Lipinski definition) is 2. The Labute approximate surface area is 95.1 Å². The first-order valence-corrected chi connectivity index (χ1v) is 5.37. The summed E-state index contributed by atoms with van der Waals surface area (Å²) in [7, 11) is 1.67. The molecule has 15 heavy (non-hydrogen) atoms. The third kappa shape index (κ3) is 1.72. The molecule has 0 N–H and O–H groups in total. The van der Waals surface area contributed by atoms with Crippen molar-refractivity contribution in [1.29, 1.82) is 0 Å². The van der Waals surface area contributed by atoms with Gasteiger partial charge in [-0.1, -0.05) is 6.07 Å². The summed E-state index contributed by atoms with van der Waals surface area (Å²) < 4.78 is 10.5. The summed E-state index contributed by atoms with van der Waals surface area (Å²) in [5.74, 6) is 0.858. The van der Waals surface area contributed by atoms with Crippen LogP contribution in [0.3, 0.4) is 0 Å². The van der Waals surface area contributed by atoms with E-state index in [1.807, 2.05) is 6.07 Å². The van der Waals surface area contributed by atoms with Crippen molar-refractivity contribution in [3.05, 3.63) is 28.8 Å². The Kier molecular flexibility index (Phi) is 2.65. The van der Waals surface area contributed by atoms with Crippen LogP contribution < -0.4 is 4.74 Å². The van der Waals surface area contributed by atoms with Gasteiger partial charge < -0.3 is 9.47 Å². The van der Waals surface area contributed by atoms with Crippen molar-refractivity contribution >= 4 is 11.6 Å². The van der Waals surface area contributed by atoms with Crippen LogP contribution >= 0.6 is 11.6 Å². The molecule has 1 aliphatic rings. The molecular weight excluding hydrogens is 212 g/mol. The normalized spacial score (nSPS) is 18.4. The van der Waals surface area contributed by atoms with E-state index in [9.17, 15) is 0 Å². The Morgan fingerprint density at radius 2 is 1.87 bits per heavy atom. The van der Waals surface area contributed by atoms with E-state index in [-0.39, 0.29) is 4.87 Å². The average molecular weight is 227 g/mol. The number of alkyl halides is 1. The zero-order valence-corrected chi connectivity index (χ0v) is 10.0. The Morgan fingerprint density at radius 1 is 1.27 bits per heavy atom. The second-order valence-electron chi connectivity index (χ2n) is 4.09. The Hall–Kier alpha value is -0.730. The Morgan fingerprint density at radius 3 is 2.33 bits per heavy atom. The van der Waals surface area contributed by atoms with Crippen LogP contribution in [0.4, 0.5) is 0 Å². The molecular formula is C12H15ClO2. The van der Waals surface area contributed by atoms with Crippen LogP contribution in [-0.4, -0.2) is 20.3 Å². The summed E-state index contributed by atoms with van der Waals surface area (Å²) in [6.45, 7) is 5.28. The first kappa shape index (κ1) is 10.8. The van der Waals surface area contributed by atoms with Crippen molar-refractivity contribution in [3.8, 4) is 5.75 Å². The summed E-state index contributed by atoms with van der Waals surface area (Å²) in [4.78, 5) is -0.385. The van der Waals surface area contributed by atoms with Gasteiger partial charge in [0.05, 0.1) is 20.3 Å². The van der Waals surface area contributed by atoms with Crippen LogP contribution in [0, 0.1) is 13.8 Å². The van der Waals surface area contributed by atoms with E-state index in [1.165, 1.54) is 11.1 Å². The first-order chi connectivity index (χ1) is 7.07. The highest BCUT2D eigenvalue weighted by molar-refractivity contribution is 6.25. The molecule has 0 aromatic heterocycles. The summed E-state index contributed by atoms with van der Waals surface area (Å²) in [5, 5.41) is 0. The molecule has 0 unspecified atom stereocenters. The monoisotopic (exact) mass is 226 g/mol. The van der Waals surface area contributed by atoms with E-state index in [1.54, 1.807) is 7.11 Å². The molecule has 2 nitrogen and oxygen atoms in total. The molecule has 1 saturated heterocycles. The van der Waals surface area contributed by atoms with E-state index in [0.29, 0.717) is 13.2 Å². The number of rotatable bonds is 2. The highest BCUT2D eigenvalue weighted by Crippen LogP contribution is 2.42. The summed E-state index contributed by atoms with van der Waals surface area (Å²) in [6.07, 6.45) is 0. The number of benzene rings is 1. The quantitative estimate of drug-likeness (QED) is 0.722. The molecule has 1 aromatic rings. The van der Waals surface area contributed by atoms with Crippen molar-refractivity contribution in [1.82, 2.24) is 0 Å². The van der Waals surface area contributed by atoms with E-state index in [4.69, 9.17) is 21.1 Å². The van der Waals surface area contributed by atoms with Gasteiger partial charge in [0.1, 0.15) is 10.6 Å². The van der Waals surface area contributed by atoms with E-state index in [0.717, 1.165) is 11.3 Å². The summed E-state index contributed by atoms with van der Waals surface area (Å²) in [5.41, 5.74) is 3.50. The molecule has 0 aliphatic carbocycles. The van der Waals surface area contributed by atoms with Gasteiger partial charge >= 0.3 is 0 Å². The zero-order chi connectivity index (χ0) is 11.1. The van der Waals surface area contributed by atoms with Crippen LogP contribution in [0.5, 0.6) is 5.75 Å². The lowest BCUT2D eigenvalue weighted by molar-refractivity contribution is -0.0161. The second kappa shape index (κ2) is 3.69. The number of hydrogen-bond donors (Lipinski definition) is 0. The van der Waals surface area contributed by atoms with Gasteiger partial charge in [-0.05, 0) is 31.0 Å². The third-order valence-corrected chi connectivity index (χ3v) is 3.38. The van der Waals surface area contributed by atoms with Crippen molar-refractivity contribution in [2.24, 2.45) is 0 Å². The fraction of sp³-hybridized carbons (Fsp3) is 0.500. The maximum absolute atomic E-state index is 6.44. The zero-order valence-electron chi connectivity index (χ0n) is 9.26. The van der Waals surface area contributed by atoms with E-state index >= 15 is 0 Å². The second-order valence-corrected chi connectivity index (χ2v) is 4.82. The average Bonchev–Trinajstić information content (AvgIpc) is 2.18. The van der Waals surface area contributed by atoms with Crippen LogP contribution in [0.2, 0.25) is 0 Å². The molecule has 0 bridgehead atoms. The molecule has 2 rings (SSSR count). The van der Waals surface area contributed by atoms with Crippen LogP contribution in [-0.2, 0) is 9.61 Å². The molecule has 0 spiro atoms. The molecule has 1 aromatic carbocycles. The molecule has 1 heterocycles. The summed E-state index contributed by atoms with van der Waals surface area (Å²) >= 11 is 6.44. The molecule has 82 valence electrons. The lowest BCUT2D eigenvalue weighted by Gasteiger charge is -2.37. The molecule has 0 saturated carbocycles. The maximum atomic E-state index is 6.44. The minimum atomic E-state index is -0.385. The lowest BCUT2D eigenvalue weighted by Crippen LogP contribution is -2.41. The minimum Gasteiger partial charge on any atom is -0.496 e. The van der Waals surface area contributed by atoms with Gasteiger partial charge in [0.25, 0.3) is 0 Å². The number of halogens is 1. The van der Waals surface area contributed by atoms with Gasteiger partial charge in [0, 0.05) is 5.56 Å². The van der Waals surface area contributed by atoms with Gasteiger partial charge in [-0.15, -0.1) is 11.6 Å². The molecule has 1 aliphatic heterocycles. The molecule has 1 fully saturated rings. The van der Waals surface area contributed by atoms with Crippen LogP contribution in [0.25, 0.3) is 0 Å². The standard InChI is InChI=1S/C12H15ClO2/c1-8-4-10(12(13)6-15-7-12)11(14-3)5-9(8)2/h4-5H,6-7H2,1-3H3. The highest BCUT2D eigenvalue weighted by Gasteiger charge is 2.40. The van der Waals surface area contributed by atoms with Gasteiger partial charge in [0.15, 0.2) is 0 Å². The van der Waals surface area contributed by atoms with Crippen LogP contribution in [0.1, 0.15) is 16.7 Å². The predicted molar refractivity (Wildman–Crippen MR) is 60.8 cm³/mol. The molecule has 0 amide bonds. The smallest absolute Gasteiger partial charge is 0.124 e. The molecule has 0 atom stereocenters. The van der Waals surface area contributed by atoms with Gasteiger partial charge in [-0.25, -0.2) is 0 Å². The summed E-state index contributed by atoms with van der Waals surface area (Å²) in [6, 6.07) is 4.14.